The average molecular weight is 445 g/mol. The molecular formula is C17H28N5O7P. The van der Waals surface area contributed by atoms with E-state index >= 15 is 0 Å². The van der Waals surface area contributed by atoms with E-state index in [0.29, 0.717) is 17.7 Å². The van der Waals surface area contributed by atoms with Gasteiger partial charge >= 0.3 is 13.8 Å². The lowest BCUT2D eigenvalue weighted by Gasteiger charge is -2.22. The Morgan fingerprint density at radius 1 is 1.17 bits per heavy atom. The molecule has 0 radical (unpaired) electrons. The van der Waals surface area contributed by atoms with Crippen molar-refractivity contribution in [2.45, 2.75) is 59.5 Å². The molecule has 12 nitrogen and oxygen atoms in total. The molecule has 0 aliphatic rings. The van der Waals surface area contributed by atoms with Crippen LogP contribution < -0.4 is 5.73 Å². The second-order valence-corrected chi connectivity index (χ2v) is 8.96. The summed E-state index contributed by atoms with van der Waals surface area (Å²) < 4.78 is 40.5. The van der Waals surface area contributed by atoms with Crippen LogP contribution in [0.15, 0.2) is 12.7 Å². The summed E-state index contributed by atoms with van der Waals surface area (Å²) in [5, 5.41) is 0. The molecule has 2 aromatic heterocycles. The van der Waals surface area contributed by atoms with Gasteiger partial charge in [-0.2, -0.15) is 0 Å². The second kappa shape index (κ2) is 10.7. The molecule has 2 heterocycles. The van der Waals surface area contributed by atoms with Gasteiger partial charge in [-0.1, -0.05) is 0 Å². The first-order chi connectivity index (χ1) is 14.1. The Morgan fingerprint density at radius 3 is 2.57 bits per heavy atom. The van der Waals surface area contributed by atoms with E-state index in [1.54, 1.807) is 45.5 Å². The van der Waals surface area contributed by atoms with E-state index < -0.39 is 32.8 Å². The lowest BCUT2D eigenvalue weighted by atomic mass is 10.4. The van der Waals surface area contributed by atoms with Crippen LogP contribution in [0.5, 0.6) is 0 Å². The Labute approximate surface area is 174 Å². The van der Waals surface area contributed by atoms with Crippen molar-refractivity contribution < 1.29 is 32.6 Å². The van der Waals surface area contributed by atoms with E-state index in [4.69, 9.17) is 29.0 Å². The molecule has 2 rings (SSSR count). The molecule has 2 atom stereocenters. The van der Waals surface area contributed by atoms with Gasteiger partial charge < -0.3 is 29.0 Å². The van der Waals surface area contributed by atoms with Gasteiger partial charge in [0.15, 0.2) is 11.5 Å². The Kier molecular flexibility index (Phi) is 8.54. The fourth-order valence-electron chi connectivity index (χ4n) is 2.38. The van der Waals surface area contributed by atoms with Gasteiger partial charge in [0, 0.05) is 0 Å². The number of rotatable bonds is 11. The number of ether oxygens (including phenoxy) is 3. The Morgan fingerprint density at radius 2 is 1.90 bits per heavy atom. The number of anilines is 1. The van der Waals surface area contributed by atoms with Crippen LogP contribution in [-0.4, -0.2) is 57.1 Å². The molecule has 0 spiro atoms. The molecule has 0 amide bonds. The molecule has 0 saturated carbocycles. The summed E-state index contributed by atoms with van der Waals surface area (Å²) in [6.45, 7) is 8.32. The zero-order valence-corrected chi connectivity index (χ0v) is 18.6. The van der Waals surface area contributed by atoms with Crippen LogP contribution >= 0.6 is 7.60 Å². The standard InChI is InChI=1S/C17H28N5O7P/c1-11(2)28-17(23)25-9-27-30(24,29-12(3)4)10-26-13(5)6-22-8-21-14-15(18)19-7-20-16(14)22/h7-8,11-13H,6,9-10H2,1-5H3,(H2,18,19,20). The first-order valence-electron chi connectivity index (χ1n) is 9.38. The van der Waals surface area contributed by atoms with E-state index in [1.165, 1.54) is 6.33 Å². The average Bonchev–Trinajstić information content (AvgIpc) is 3.03. The van der Waals surface area contributed by atoms with Crippen molar-refractivity contribution in [3.05, 3.63) is 12.7 Å². The van der Waals surface area contributed by atoms with Crippen LogP contribution in [0.1, 0.15) is 34.6 Å². The van der Waals surface area contributed by atoms with Crippen molar-refractivity contribution in [2.75, 3.05) is 18.9 Å². The summed E-state index contributed by atoms with van der Waals surface area (Å²) in [6, 6.07) is 0. The predicted molar refractivity (Wildman–Crippen MR) is 108 cm³/mol. The van der Waals surface area contributed by atoms with Crippen LogP contribution in [-0.2, 0) is 34.4 Å². The van der Waals surface area contributed by atoms with E-state index in [2.05, 4.69) is 15.0 Å². The highest BCUT2D eigenvalue weighted by atomic mass is 31.2. The number of hydrogen-bond acceptors (Lipinski definition) is 11. The number of nitrogens with two attached hydrogens (primary N) is 1. The monoisotopic (exact) mass is 445 g/mol. The smallest absolute Gasteiger partial charge is 0.432 e. The minimum Gasteiger partial charge on any atom is -0.432 e. The molecule has 2 unspecified atom stereocenters. The second-order valence-electron chi connectivity index (χ2n) is 7.01. The van der Waals surface area contributed by atoms with E-state index in [9.17, 15) is 9.36 Å². The molecule has 0 saturated heterocycles. The molecule has 0 fully saturated rings. The first-order valence-corrected chi connectivity index (χ1v) is 11.1. The molecular weight excluding hydrogens is 417 g/mol. The van der Waals surface area contributed by atoms with Crippen molar-refractivity contribution >= 4 is 30.7 Å². The highest BCUT2D eigenvalue weighted by Gasteiger charge is 2.29. The summed E-state index contributed by atoms with van der Waals surface area (Å²) >= 11 is 0. The third-order valence-electron chi connectivity index (χ3n) is 3.53. The van der Waals surface area contributed by atoms with Gasteiger partial charge in [0.05, 0.1) is 31.2 Å². The molecule has 13 heteroatoms. The number of carbonyl (C=O) groups is 1. The molecule has 0 bridgehead atoms. The Hall–Kier alpha value is -2.27. The zero-order chi connectivity index (χ0) is 22.3. The number of aromatic nitrogens is 4. The maximum atomic E-state index is 12.9. The van der Waals surface area contributed by atoms with Gasteiger partial charge in [0.2, 0.25) is 6.79 Å². The van der Waals surface area contributed by atoms with Gasteiger partial charge in [-0.05, 0) is 34.6 Å². The summed E-state index contributed by atoms with van der Waals surface area (Å²) in [5.74, 6) is 0.284. The molecule has 0 aliphatic heterocycles. The number of imidazole rings is 1. The number of nitrogens with zero attached hydrogens (tertiary/aromatic N) is 4. The quantitative estimate of drug-likeness (QED) is 0.309. The van der Waals surface area contributed by atoms with Gasteiger partial charge in [-0.3, -0.25) is 9.09 Å². The highest BCUT2D eigenvalue weighted by Crippen LogP contribution is 2.49. The SMILES string of the molecule is CC(C)OC(=O)OCOP(=O)(COC(C)Cn1cnc2c(N)ncnc21)OC(C)C. The summed E-state index contributed by atoms with van der Waals surface area (Å²) in [7, 11) is -3.69. The largest absolute Gasteiger partial charge is 0.510 e. The Bertz CT molecular complexity index is 889. The van der Waals surface area contributed by atoms with Crippen LogP contribution in [0, 0.1) is 0 Å². The van der Waals surface area contributed by atoms with Crippen LogP contribution in [0.25, 0.3) is 11.2 Å². The highest BCUT2D eigenvalue weighted by molar-refractivity contribution is 7.53. The summed E-state index contributed by atoms with van der Waals surface area (Å²) in [6.07, 6.45) is 0.532. The third kappa shape index (κ3) is 7.21. The normalized spacial score (nSPS) is 14.8. The van der Waals surface area contributed by atoms with Gasteiger partial charge in [-0.15, -0.1) is 0 Å². The fourth-order valence-corrected chi connectivity index (χ4v) is 3.87. The number of fused-ring (bicyclic) bond motifs is 1. The fraction of sp³-hybridized carbons (Fsp3) is 0.647. The summed E-state index contributed by atoms with van der Waals surface area (Å²) in [4.78, 5) is 23.7. The summed E-state index contributed by atoms with van der Waals surface area (Å²) in [5.41, 5.74) is 6.84. The molecule has 30 heavy (non-hydrogen) atoms. The maximum absolute atomic E-state index is 12.9. The minimum atomic E-state index is -3.69. The van der Waals surface area contributed by atoms with Crippen LogP contribution in [0.2, 0.25) is 0 Å². The van der Waals surface area contributed by atoms with E-state index in [1.807, 2.05) is 0 Å². The lowest BCUT2D eigenvalue weighted by molar-refractivity contribution is -0.0199. The van der Waals surface area contributed by atoms with Gasteiger partial charge in [0.25, 0.3) is 0 Å². The van der Waals surface area contributed by atoms with E-state index in [0.717, 1.165) is 0 Å². The van der Waals surface area contributed by atoms with Crippen molar-refractivity contribution in [3.63, 3.8) is 0 Å². The predicted octanol–water partition coefficient (Wildman–Crippen LogP) is 2.92. The number of hydrogen-bond donors (Lipinski definition) is 1. The van der Waals surface area contributed by atoms with Gasteiger partial charge in [-0.25, -0.2) is 19.7 Å². The Balaban J connectivity index is 1.92. The molecule has 168 valence electrons. The molecule has 0 aliphatic carbocycles. The van der Waals surface area contributed by atoms with E-state index in [-0.39, 0.29) is 18.3 Å². The number of carbonyl (C=O) groups excluding carboxylic acids is 1. The van der Waals surface area contributed by atoms with Crippen LogP contribution in [0.3, 0.4) is 0 Å². The first kappa shape index (κ1) is 24.0. The molecule has 2 aromatic rings. The topological polar surface area (TPSA) is 150 Å². The van der Waals surface area contributed by atoms with Crippen molar-refractivity contribution in [1.29, 1.82) is 0 Å². The number of nitrogen functional groups attached to an aromatic ring is 1. The lowest BCUT2D eigenvalue weighted by Crippen LogP contribution is -2.20. The molecule has 0 aromatic carbocycles. The minimum absolute atomic E-state index is 0.284. The van der Waals surface area contributed by atoms with Gasteiger partial charge in [0.1, 0.15) is 18.2 Å². The van der Waals surface area contributed by atoms with Crippen molar-refractivity contribution in [2.24, 2.45) is 0 Å². The van der Waals surface area contributed by atoms with Crippen molar-refractivity contribution in [3.8, 4) is 0 Å². The molecule has 2 N–H and O–H groups in total. The van der Waals surface area contributed by atoms with Crippen LogP contribution in [0.4, 0.5) is 10.6 Å². The zero-order valence-electron chi connectivity index (χ0n) is 17.7. The van der Waals surface area contributed by atoms with Crippen molar-refractivity contribution in [1.82, 2.24) is 19.5 Å². The third-order valence-corrected chi connectivity index (χ3v) is 5.24. The maximum Gasteiger partial charge on any atom is 0.510 e.